The van der Waals surface area contributed by atoms with Gasteiger partial charge in [0.1, 0.15) is 0 Å². The minimum atomic E-state index is 0.230. The third-order valence-electron chi connectivity index (χ3n) is 7.36. The van der Waals surface area contributed by atoms with Crippen LogP contribution in [0.25, 0.3) is 11.2 Å². The van der Waals surface area contributed by atoms with Crippen LogP contribution in [0.15, 0.2) is 49.1 Å². The second-order valence-electron chi connectivity index (χ2n) is 10.1. The van der Waals surface area contributed by atoms with Crippen LogP contribution in [0, 0.1) is 5.92 Å². The van der Waals surface area contributed by atoms with Gasteiger partial charge in [-0.25, -0.2) is 4.98 Å². The lowest BCUT2D eigenvalue weighted by atomic mass is 9.88. The summed E-state index contributed by atoms with van der Waals surface area (Å²) in [4.78, 5) is 16.8. The van der Waals surface area contributed by atoms with Crippen molar-refractivity contribution >= 4 is 40.4 Å². The van der Waals surface area contributed by atoms with E-state index in [9.17, 15) is 0 Å². The Hall–Kier alpha value is -3.07. The van der Waals surface area contributed by atoms with Crippen molar-refractivity contribution in [3.63, 3.8) is 0 Å². The zero-order valence-corrected chi connectivity index (χ0v) is 21.9. The third kappa shape index (κ3) is 4.56. The number of thioether (sulfide) groups is 1. The third-order valence-corrected chi connectivity index (χ3v) is 8.41. The Kier molecular flexibility index (Phi) is 6.56. The smallest absolute Gasteiger partial charge is 0.229 e. The highest BCUT2D eigenvalue weighted by Gasteiger charge is 2.28. The molecule has 3 aromatic heterocycles. The molecule has 2 aliphatic heterocycles. The van der Waals surface area contributed by atoms with Crippen LogP contribution in [0.1, 0.15) is 57.2 Å². The van der Waals surface area contributed by atoms with Crippen molar-refractivity contribution < 1.29 is 0 Å². The molecule has 36 heavy (non-hydrogen) atoms. The molecule has 0 radical (unpaired) electrons. The van der Waals surface area contributed by atoms with Crippen molar-refractivity contribution in [3.05, 3.63) is 54.6 Å². The number of benzene rings is 1. The molecule has 9 heteroatoms. The molecule has 0 spiro atoms. The summed E-state index contributed by atoms with van der Waals surface area (Å²) in [6.07, 6.45) is 10.7. The van der Waals surface area contributed by atoms with Crippen molar-refractivity contribution in [2.45, 2.75) is 51.6 Å². The lowest BCUT2D eigenvalue weighted by molar-refractivity contribution is 0.332. The number of aromatic nitrogens is 6. The average Bonchev–Trinajstić information content (AvgIpc) is 3.67. The monoisotopic (exact) mass is 502 g/mol. The molecule has 2 aliphatic rings. The molecule has 0 saturated carbocycles. The summed E-state index contributed by atoms with van der Waals surface area (Å²) in [6, 6.07) is 11.3. The molecule has 5 heterocycles. The van der Waals surface area contributed by atoms with E-state index in [1.165, 1.54) is 42.8 Å². The first-order chi connectivity index (χ1) is 17.7. The Labute approximate surface area is 216 Å². The molecular formula is C27H34N8S. The molecule has 6 rings (SSSR count). The van der Waals surface area contributed by atoms with E-state index in [2.05, 4.69) is 81.6 Å². The van der Waals surface area contributed by atoms with Gasteiger partial charge in [-0.05, 0) is 62.5 Å². The molecule has 1 aromatic carbocycles. The summed E-state index contributed by atoms with van der Waals surface area (Å²) in [6.45, 7) is 6.31. The number of nitrogens with zero attached hydrogens (tertiary/aromatic N) is 7. The fourth-order valence-corrected chi connectivity index (χ4v) is 6.59. The molecule has 4 aromatic rings. The van der Waals surface area contributed by atoms with Gasteiger partial charge in [-0.2, -0.15) is 26.8 Å². The molecule has 188 valence electrons. The van der Waals surface area contributed by atoms with Crippen LogP contribution >= 0.6 is 11.8 Å². The lowest BCUT2D eigenvalue weighted by Gasteiger charge is -2.30. The Morgan fingerprint density at radius 1 is 1.03 bits per heavy atom. The Balaban J connectivity index is 1.35. The first-order valence-corrected chi connectivity index (χ1v) is 14.3. The number of hydrogen-bond donors (Lipinski definition) is 1. The molecule has 2 saturated heterocycles. The first kappa shape index (κ1) is 23.3. The summed E-state index contributed by atoms with van der Waals surface area (Å²) in [5.41, 5.74) is 3.91. The molecule has 0 aliphatic carbocycles. The van der Waals surface area contributed by atoms with Crippen molar-refractivity contribution in [2.75, 3.05) is 34.8 Å². The zero-order valence-electron chi connectivity index (χ0n) is 21.0. The van der Waals surface area contributed by atoms with Crippen LogP contribution in [0.4, 0.5) is 17.5 Å². The standard InChI is InChI=1S/C27H34N8S/c1-19(2)34-18-28-23-25(31-27(32-26(23)34)33-12-6-7-13-33)30-22-16-29-35(17-22)24(20-8-4-3-5-9-20)21-10-14-36-15-11-21/h3-5,8-9,16-19,21,24H,6-7,10-15H2,1-2H3,(H,30,31,32). The maximum absolute atomic E-state index is 4.94. The molecule has 1 N–H and O–H groups in total. The zero-order chi connectivity index (χ0) is 24.5. The largest absolute Gasteiger partial charge is 0.341 e. The van der Waals surface area contributed by atoms with E-state index in [0.29, 0.717) is 5.92 Å². The highest BCUT2D eigenvalue weighted by molar-refractivity contribution is 7.99. The molecule has 0 amide bonds. The first-order valence-electron chi connectivity index (χ1n) is 13.1. The highest BCUT2D eigenvalue weighted by atomic mass is 32.2. The van der Waals surface area contributed by atoms with E-state index >= 15 is 0 Å². The predicted molar refractivity (Wildman–Crippen MR) is 147 cm³/mol. The maximum Gasteiger partial charge on any atom is 0.229 e. The van der Waals surface area contributed by atoms with Crippen molar-refractivity contribution in [3.8, 4) is 0 Å². The van der Waals surface area contributed by atoms with Crippen LogP contribution in [0.5, 0.6) is 0 Å². The second-order valence-corrected chi connectivity index (χ2v) is 11.3. The molecular weight excluding hydrogens is 468 g/mol. The summed E-state index contributed by atoms with van der Waals surface area (Å²) in [7, 11) is 0. The predicted octanol–water partition coefficient (Wildman–Crippen LogP) is 5.68. The second kappa shape index (κ2) is 10.1. The van der Waals surface area contributed by atoms with E-state index in [1.54, 1.807) is 0 Å². The van der Waals surface area contributed by atoms with Gasteiger partial charge >= 0.3 is 0 Å². The average molecular weight is 503 g/mol. The molecule has 1 unspecified atom stereocenters. The molecule has 0 bridgehead atoms. The van der Waals surface area contributed by atoms with Crippen LogP contribution in [-0.4, -0.2) is 53.9 Å². The van der Waals surface area contributed by atoms with Gasteiger partial charge < -0.3 is 14.8 Å². The van der Waals surface area contributed by atoms with Gasteiger partial charge in [0.15, 0.2) is 17.0 Å². The highest BCUT2D eigenvalue weighted by Crippen LogP contribution is 2.37. The number of imidazole rings is 1. The van der Waals surface area contributed by atoms with Crippen LogP contribution in [-0.2, 0) is 0 Å². The van der Waals surface area contributed by atoms with Gasteiger partial charge in [0, 0.05) is 25.3 Å². The Morgan fingerprint density at radius 2 is 1.81 bits per heavy atom. The fraction of sp³-hybridized carbons (Fsp3) is 0.481. The minimum Gasteiger partial charge on any atom is -0.341 e. The Bertz CT molecular complexity index is 1300. The lowest BCUT2D eigenvalue weighted by Crippen LogP contribution is -2.24. The van der Waals surface area contributed by atoms with E-state index in [0.717, 1.165) is 41.7 Å². The van der Waals surface area contributed by atoms with Gasteiger partial charge in [-0.1, -0.05) is 30.3 Å². The van der Waals surface area contributed by atoms with E-state index in [4.69, 9.17) is 20.1 Å². The topological polar surface area (TPSA) is 76.7 Å². The quantitative estimate of drug-likeness (QED) is 0.348. The summed E-state index contributed by atoms with van der Waals surface area (Å²) < 4.78 is 4.27. The SMILES string of the molecule is CC(C)n1cnc2c(Nc3cnn(C(c4ccccc4)C4CCSCC4)c3)nc(N3CCCC3)nc21. The number of hydrogen-bond acceptors (Lipinski definition) is 7. The number of nitrogens with one attached hydrogen (secondary N) is 1. The normalized spacial score (nSPS) is 17.8. The van der Waals surface area contributed by atoms with E-state index < -0.39 is 0 Å². The van der Waals surface area contributed by atoms with Gasteiger partial charge in [0.2, 0.25) is 5.95 Å². The maximum atomic E-state index is 4.94. The van der Waals surface area contributed by atoms with Crippen LogP contribution in [0.3, 0.4) is 0 Å². The Morgan fingerprint density at radius 3 is 2.56 bits per heavy atom. The van der Waals surface area contributed by atoms with Gasteiger partial charge in [0.05, 0.1) is 24.3 Å². The molecule has 1 atom stereocenters. The van der Waals surface area contributed by atoms with Gasteiger partial charge in [-0.15, -0.1) is 0 Å². The molecule has 8 nitrogen and oxygen atoms in total. The van der Waals surface area contributed by atoms with Crippen LogP contribution in [0.2, 0.25) is 0 Å². The van der Waals surface area contributed by atoms with Gasteiger partial charge in [0.25, 0.3) is 0 Å². The summed E-state index contributed by atoms with van der Waals surface area (Å²) >= 11 is 2.06. The van der Waals surface area contributed by atoms with Crippen molar-refractivity contribution in [1.29, 1.82) is 0 Å². The van der Waals surface area contributed by atoms with Crippen LogP contribution < -0.4 is 10.2 Å². The number of anilines is 3. The fourth-order valence-electron chi connectivity index (χ4n) is 5.44. The van der Waals surface area contributed by atoms with E-state index in [1.807, 2.05) is 12.5 Å². The van der Waals surface area contributed by atoms with Crippen molar-refractivity contribution in [2.24, 2.45) is 5.92 Å². The van der Waals surface area contributed by atoms with E-state index in [-0.39, 0.29) is 12.1 Å². The number of rotatable bonds is 7. The number of fused-ring (bicyclic) bond motifs is 1. The molecule has 2 fully saturated rings. The summed E-state index contributed by atoms with van der Waals surface area (Å²) in [5, 5.41) is 8.40. The van der Waals surface area contributed by atoms with Crippen molar-refractivity contribution in [1.82, 2.24) is 29.3 Å². The summed E-state index contributed by atoms with van der Waals surface area (Å²) in [5.74, 6) is 4.54. The van der Waals surface area contributed by atoms with Gasteiger partial charge in [-0.3, -0.25) is 4.68 Å². The minimum absolute atomic E-state index is 0.230.